The molecule has 0 aliphatic heterocycles. The van der Waals surface area contributed by atoms with Gasteiger partial charge in [0.25, 0.3) is 11.5 Å². The number of aliphatic hydroxyl groups is 1. The van der Waals surface area contributed by atoms with Crippen molar-refractivity contribution in [2.24, 2.45) is 0 Å². The summed E-state index contributed by atoms with van der Waals surface area (Å²) in [6.07, 6.45) is 0.251. The molecular weight excluding hydrogens is 488 g/mol. The first-order valence-corrected chi connectivity index (χ1v) is 11.1. The maximum Gasteiger partial charge on any atom is 0.335 e. The number of nitrogens with one attached hydrogen (secondary N) is 1. The zero-order valence-electron chi connectivity index (χ0n) is 18.0. The molecule has 8 nitrogen and oxygen atoms in total. The van der Waals surface area contributed by atoms with Crippen molar-refractivity contribution < 1.29 is 19.0 Å². The number of hydrogen-bond donors (Lipinski definition) is 2. The second-order valence-electron chi connectivity index (χ2n) is 7.78. The summed E-state index contributed by atoms with van der Waals surface area (Å²) in [5.74, 6) is -0.945. The van der Waals surface area contributed by atoms with Gasteiger partial charge in [-0.1, -0.05) is 23.2 Å². The van der Waals surface area contributed by atoms with E-state index in [0.29, 0.717) is 21.8 Å². The Labute approximate surface area is 202 Å². The number of benzene rings is 2. The molecule has 1 atom stereocenters. The molecule has 3 aromatic rings. The van der Waals surface area contributed by atoms with Gasteiger partial charge in [0.2, 0.25) is 0 Å². The SMILES string of the molecule is CC1=C(n2c(=O)c3ccc(Cl)cc3n(CCO)c2=O)CC1NC(=O)COc1ccc(Cl)c(F)c1. The lowest BCUT2D eigenvalue weighted by Gasteiger charge is -2.33. The molecule has 0 spiro atoms. The molecule has 0 bridgehead atoms. The first-order chi connectivity index (χ1) is 16.2. The minimum Gasteiger partial charge on any atom is -0.484 e. The lowest BCUT2D eigenvalue weighted by atomic mass is 9.89. The Morgan fingerprint density at radius 3 is 2.68 bits per heavy atom. The second-order valence-corrected chi connectivity index (χ2v) is 8.62. The number of carbonyl (C=O) groups excluding carboxylic acids is 1. The first-order valence-electron chi connectivity index (χ1n) is 10.3. The minimum atomic E-state index is -0.656. The number of ether oxygens (including phenoxy) is 1. The lowest BCUT2D eigenvalue weighted by Crippen LogP contribution is -2.48. The summed E-state index contributed by atoms with van der Waals surface area (Å²) >= 11 is 11.7. The molecule has 11 heteroatoms. The van der Waals surface area contributed by atoms with Gasteiger partial charge >= 0.3 is 5.69 Å². The Balaban J connectivity index is 1.56. The van der Waals surface area contributed by atoms with Crippen LogP contribution < -0.4 is 21.3 Å². The van der Waals surface area contributed by atoms with E-state index in [1.54, 1.807) is 13.0 Å². The average molecular weight is 508 g/mol. The van der Waals surface area contributed by atoms with E-state index in [9.17, 15) is 23.9 Å². The molecule has 0 fully saturated rings. The van der Waals surface area contributed by atoms with Crippen LogP contribution >= 0.6 is 23.2 Å². The predicted molar refractivity (Wildman–Crippen MR) is 127 cm³/mol. The summed E-state index contributed by atoms with van der Waals surface area (Å²) in [6, 6.07) is 8.06. The zero-order chi connectivity index (χ0) is 24.6. The van der Waals surface area contributed by atoms with Gasteiger partial charge in [0.15, 0.2) is 6.61 Å². The monoisotopic (exact) mass is 507 g/mol. The third kappa shape index (κ3) is 4.46. The average Bonchev–Trinajstić information content (AvgIpc) is 2.81. The molecule has 178 valence electrons. The molecule has 4 rings (SSSR count). The number of aromatic nitrogens is 2. The molecule has 1 unspecified atom stereocenters. The molecule has 1 amide bonds. The molecule has 1 heterocycles. The van der Waals surface area contributed by atoms with E-state index in [-0.39, 0.29) is 42.3 Å². The van der Waals surface area contributed by atoms with Crippen molar-refractivity contribution in [1.82, 2.24) is 14.5 Å². The summed E-state index contributed by atoms with van der Waals surface area (Å²) in [5.41, 5.74) is 0.364. The number of nitrogens with zero attached hydrogens (tertiary/aromatic N) is 2. The number of fused-ring (bicyclic) bond motifs is 1. The molecule has 1 aromatic heterocycles. The Bertz CT molecular complexity index is 1450. The summed E-state index contributed by atoms with van der Waals surface area (Å²) in [4.78, 5) is 38.5. The van der Waals surface area contributed by atoms with Gasteiger partial charge in [0.05, 0.1) is 35.1 Å². The quantitative estimate of drug-likeness (QED) is 0.511. The highest BCUT2D eigenvalue weighted by molar-refractivity contribution is 6.31. The number of carbonyl (C=O) groups is 1. The number of halogens is 3. The Morgan fingerprint density at radius 1 is 1.24 bits per heavy atom. The van der Waals surface area contributed by atoms with Gasteiger partial charge in [0.1, 0.15) is 11.6 Å². The fraction of sp³-hybridized carbons (Fsp3) is 0.261. The highest BCUT2D eigenvalue weighted by Gasteiger charge is 2.31. The van der Waals surface area contributed by atoms with E-state index in [1.807, 2.05) is 0 Å². The molecule has 1 aliphatic carbocycles. The van der Waals surface area contributed by atoms with Gasteiger partial charge < -0.3 is 15.2 Å². The van der Waals surface area contributed by atoms with Crippen molar-refractivity contribution >= 4 is 45.7 Å². The lowest BCUT2D eigenvalue weighted by molar-refractivity contribution is -0.123. The van der Waals surface area contributed by atoms with E-state index < -0.39 is 29.0 Å². The number of hydrogen-bond acceptors (Lipinski definition) is 5. The molecule has 0 radical (unpaired) electrons. The van der Waals surface area contributed by atoms with Crippen molar-refractivity contribution in [2.75, 3.05) is 13.2 Å². The Kier molecular flexibility index (Phi) is 6.79. The normalized spacial score (nSPS) is 15.4. The number of aliphatic hydroxyl groups excluding tert-OH is 1. The van der Waals surface area contributed by atoms with Crippen LogP contribution in [-0.4, -0.2) is 39.4 Å². The molecule has 2 aromatic carbocycles. The molecule has 34 heavy (non-hydrogen) atoms. The van der Waals surface area contributed by atoms with Crippen LogP contribution in [0.25, 0.3) is 16.6 Å². The summed E-state index contributed by atoms with van der Waals surface area (Å²) in [6.45, 7) is 1.06. The topological polar surface area (TPSA) is 103 Å². The van der Waals surface area contributed by atoms with E-state index >= 15 is 0 Å². The van der Waals surface area contributed by atoms with Gasteiger partial charge in [0, 0.05) is 23.2 Å². The maximum atomic E-state index is 13.5. The Morgan fingerprint density at radius 2 is 2.00 bits per heavy atom. The van der Waals surface area contributed by atoms with Crippen molar-refractivity contribution in [3.63, 3.8) is 0 Å². The van der Waals surface area contributed by atoms with Crippen LogP contribution in [0.15, 0.2) is 51.6 Å². The van der Waals surface area contributed by atoms with Crippen LogP contribution in [-0.2, 0) is 11.3 Å². The van der Waals surface area contributed by atoms with Crippen molar-refractivity contribution in [2.45, 2.75) is 25.9 Å². The molecular formula is C23H20Cl2FN3O5. The fourth-order valence-electron chi connectivity index (χ4n) is 3.85. The van der Waals surface area contributed by atoms with Crippen LogP contribution in [0.3, 0.4) is 0 Å². The van der Waals surface area contributed by atoms with Crippen molar-refractivity contribution in [3.8, 4) is 5.75 Å². The standard InChI is InChI=1S/C23H20Cl2FN3O5/c1-12-18(27-21(31)11-34-14-3-5-16(25)17(26)9-14)10-19(12)29-22(32)15-4-2-13(24)8-20(15)28(6-7-30)23(29)33/h2-5,8-9,18,30H,6-7,10-11H2,1H3,(H,27,31). The summed E-state index contributed by atoms with van der Waals surface area (Å²) < 4.78 is 21.2. The molecule has 1 aliphatic rings. The third-order valence-corrected chi connectivity index (χ3v) is 6.21. The Hall–Kier alpha value is -3.14. The highest BCUT2D eigenvalue weighted by atomic mass is 35.5. The van der Waals surface area contributed by atoms with Gasteiger partial charge in [-0.05, 0) is 42.8 Å². The van der Waals surface area contributed by atoms with Crippen LogP contribution in [0.2, 0.25) is 10.0 Å². The molecule has 0 saturated heterocycles. The van der Waals surface area contributed by atoms with E-state index in [4.69, 9.17) is 27.9 Å². The summed E-state index contributed by atoms with van der Waals surface area (Å²) in [7, 11) is 0. The van der Waals surface area contributed by atoms with Crippen LogP contribution in [0.1, 0.15) is 13.3 Å². The van der Waals surface area contributed by atoms with Gasteiger partial charge in [-0.3, -0.25) is 14.2 Å². The smallest absolute Gasteiger partial charge is 0.335 e. The first kappa shape index (κ1) is 24.0. The van der Waals surface area contributed by atoms with Gasteiger partial charge in [-0.15, -0.1) is 0 Å². The van der Waals surface area contributed by atoms with E-state index in [2.05, 4.69) is 5.32 Å². The zero-order valence-corrected chi connectivity index (χ0v) is 19.5. The van der Waals surface area contributed by atoms with Crippen LogP contribution in [0, 0.1) is 5.82 Å². The highest BCUT2D eigenvalue weighted by Crippen LogP contribution is 2.31. The predicted octanol–water partition coefficient (Wildman–Crippen LogP) is 2.80. The van der Waals surface area contributed by atoms with Crippen LogP contribution in [0.4, 0.5) is 4.39 Å². The largest absolute Gasteiger partial charge is 0.484 e. The van der Waals surface area contributed by atoms with E-state index in [0.717, 1.165) is 10.6 Å². The second kappa shape index (κ2) is 9.61. The number of amides is 1. The summed E-state index contributed by atoms with van der Waals surface area (Å²) in [5, 5.41) is 12.8. The van der Waals surface area contributed by atoms with Crippen molar-refractivity contribution in [3.05, 3.63) is 78.7 Å². The fourth-order valence-corrected chi connectivity index (χ4v) is 4.13. The number of rotatable bonds is 7. The van der Waals surface area contributed by atoms with E-state index in [1.165, 1.54) is 28.8 Å². The molecule has 2 N–H and O–H groups in total. The van der Waals surface area contributed by atoms with Gasteiger partial charge in [-0.2, -0.15) is 0 Å². The van der Waals surface area contributed by atoms with Gasteiger partial charge in [-0.25, -0.2) is 13.8 Å². The maximum absolute atomic E-state index is 13.5. The third-order valence-electron chi connectivity index (χ3n) is 5.67. The van der Waals surface area contributed by atoms with Crippen molar-refractivity contribution in [1.29, 1.82) is 0 Å². The molecule has 0 saturated carbocycles. The van der Waals surface area contributed by atoms with Crippen LogP contribution in [0.5, 0.6) is 5.75 Å². The minimum absolute atomic E-state index is 0.00885.